The molecule has 2 heterocycles. The maximum atomic E-state index is 11.7. The molecule has 1 aromatic rings. The number of hydrogen-bond acceptors (Lipinski definition) is 5. The van der Waals surface area contributed by atoms with Gasteiger partial charge in [-0.05, 0) is 25.0 Å². The summed E-state index contributed by atoms with van der Waals surface area (Å²) in [6.07, 6.45) is 2.97. The molecule has 0 bridgehead atoms. The molecule has 2 N–H and O–H groups in total. The van der Waals surface area contributed by atoms with Gasteiger partial charge < -0.3 is 24.7 Å². The van der Waals surface area contributed by atoms with Crippen molar-refractivity contribution in [3.05, 3.63) is 24.2 Å². The average molecular weight is 464 g/mol. The molecule has 0 unspecified atom stereocenters. The molecule has 1 aromatic heterocycles. The third kappa shape index (κ3) is 6.22. The third-order valence-electron chi connectivity index (χ3n) is 3.98. The number of piperidine rings is 1. The first-order chi connectivity index (χ1) is 11.7. The van der Waals surface area contributed by atoms with E-state index < -0.39 is 0 Å². The largest absolute Gasteiger partial charge is 0.469 e. The quantitative estimate of drug-likeness (QED) is 0.223. The summed E-state index contributed by atoms with van der Waals surface area (Å²) in [5.74, 6) is 0.653. The van der Waals surface area contributed by atoms with Gasteiger partial charge in [0.1, 0.15) is 0 Å². The number of aliphatic imine (C=N–C) groups is 1. The van der Waals surface area contributed by atoms with Crippen molar-refractivity contribution in [1.82, 2.24) is 15.5 Å². The minimum absolute atomic E-state index is 0. The van der Waals surface area contributed by atoms with E-state index in [0.29, 0.717) is 18.8 Å². The molecule has 0 atom stereocenters. The van der Waals surface area contributed by atoms with Gasteiger partial charge in [0.25, 0.3) is 5.91 Å². The minimum atomic E-state index is -0.240. The van der Waals surface area contributed by atoms with Crippen LogP contribution in [0, 0.1) is 5.92 Å². The molecule has 0 radical (unpaired) electrons. The first-order valence-electron chi connectivity index (χ1n) is 8.00. The van der Waals surface area contributed by atoms with Crippen LogP contribution >= 0.6 is 24.0 Å². The van der Waals surface area contributed by atoms with E-state index in [1.54, 1.807) is 19.2 Å². The molecule has 1 amide bonds. The number of rotatable bonds is 5. The maximum absolute atomic E-state index is 11.7. The summed E-state index contributed by atoms with van der Waals surface area (Å²) in [5, 5.41) is 5.98. The zero-order valence-corrected chi connectivity index (χ0v) is 16.8. The Labute approximate surface area is 164 Å². The van der Waals surface area contributed by atoms with Crippen molar-refractivity contribution in [2.24, 2.45) is 10.9 Å². The summed E-state index contributed by atoms with van der Waals surface area (Å²) in [5.41, 5.74) is 0. The predicted molar refractivity (Wildman–Crippen MR) is 104 cm³/mol. The Bertz CT molecular complexity index is 569. The summed E-state index contributed by atoms with van der Waals surface area (Å²) in [6.45, 7) is 2.50. The number of carbonyl (C=O) groups is 2. The molecular weight excluding hydrogens is 439 g/mol. The number of furan rings is 1. The summed E-state index contributed by atoms with van der Waals surface area (Å²) in [7, 11) is 3.14. The first kappa shape index (κ1) is 21.3. The monoisotopic (exact) mass is 464 g/mol. The van der Waals surface area contributed by atoms with E-state index in [2.05, 4.69) is 20.5 Å². The normalized spacial score (nSPS) is 15.3. The zero-order chi connectivity index (χ0) is 17.4. The molecule has 1 aliphatic rings. The highest BCUT2D eigenvalue weighted by atomic mass is 127. The molecule has 1 fully saturated rings. The molecule has 0 aromatic carbocycles. The highest BCUT2D eigenvalue weighted by Gasteiger charge is 2.26. The number of halogens is 1. The molecule has 2 rings (SSSR count). The fraction of sp³-hybridized carbons (Fsp3) is 0.562. The molecule has 140 valence electrons. The van der Waals surface area contributed by atoms with Crippen molar-refractivity contribution in [1.29, 1.82) is 0 Å². The molecule has 1 aliphatic heterocycles. The Morgan fingerprint density at radius 2 is 2.00 bits per heavy atom. The van der Waals surface area contributed by atoms with Crippen LogP contribution in [-0.4, -0.2) is 63.1 Å². The SMILES string of the molecule is CN=C(NCCNC(=O)c1ccco1)N1CCC(C(=O)OC)CC1.I. The molecule has 9 heteroatoms. The number of hydrogen-bond donors (Lipinski definition) is 2. The number of likely N-dealkylation sites (tertiary alicyclic amines) is 1. The lowest BCUT2D eigenvalue weighted by molar-refractivity contribution is -0.146. The van der Waals surface area contributed by atoms with Gasteiger partial charge in [-0.3, -0.25) is 14.6 Å². The third-order valence-corrected chi connectivity index (χ3v) is 3.98. The number of nitrogens with zero attached hydrogens (tertiary/aromatic N) is 2. The van der Waals surface area contributed by atoms with Crippen LogP contribution in [-0.2, 0) is 9.53 Å². The van der Waals surface area contributed by atoms with Crippen LogP contribution in [0.15, 0.2) is 27.8 Å². The van der Waals surface area contributed by atoms with Crippen molar-refractivity contribution >= 4 is 41.8 Å². The van der Waals surface area contributed by atoms with Crippen molar-refractivity contribution in [3.63, 3.8) is 0 Å². The summed E-state index contributed by atoms with van der Waals surface area (Å²) < 4.78 is 9.82. The van der Waals surface area contributed by atoms with Gasteiger partial charge in [0, 0.05) is 33.2 Å². The van der Waals surface area contributed by atoms with E-state index in [-0.39, 0.29) is 41.8 Å². The van der Waals surface area contributed by atoms with Crippen molar-refractivity contribution in [2.75, 3.05) is 40.3 Å². The molecule has 0 aliphatic carbocycles. The fourth-order valence-corrected chi connectivity index (χ4v) is 2.67. The standard InChI is InChI=1S/C16H24N4O4.HI/c1-17-16(20-9-5-12(6-10-20)15(22)23-2)19-8-7-18-14(21)13-4-3-11-24-13;/h3-4,11-12H,5-10H2,1-2H3,(H,17,19)(H,18,21);1H. The van der Waals surface area contributed by atoms with Crippen molar-refractivity contribution < 1.29 is 18.7 Å². The molecule has 0 spiro atoms. The van der Waals surface area contributed by atoms with Gasteiger partial charge in [0.15, 0.2) is 11.7 Å². The Morgan fingerprint density at radius 1 is 1.32 bits per heavy atom. The summed E-state index contributed by atoms with van der Waals surface area (Å²) in [6, 6.07) is 3.29. The predicted octanol–water partition coefficient (Wildman–Crippen LogP) is 1.09. The highest BCUT2D eigenvalue weighted by molar-refractivity contribution is 14.0. The smallest absolute Gasteiger partial charge is 0.308 e. The lowest BCUT2D eigenvalue weighted by Crippen LogP contribution is -2.48. The van der Waals surface area contributed by atoms with Gasteiger partial charge in [0.2, 0.25) is 0 Å². The van der Waals surface area contributed by atoms with Crippen molar-refractivity contribution in [2.45, 2.75) is 12.8 Å². The molecule has 25 heavy (non-hydrogen) atoms. The lowest BCUT2D eigenvalue weighted by atomic mass is 9.97. The Kier molecular flexibility index (Phi) is 9.32. The Balaban J connectivity index is 0.00000312. The van der Waals surface area contributed by atoms with Crippen LogP contribution < -0.4 is 10.6 Å². The minimum Gasteiger partial charge on any atom is -0.469 e. The Morgan fingerprint density at radius 3 is 2.56 bits per heavy atom. The molecule has 0 saturated carbocycles. The van der Waals surface area contributed by atoms with Gasteiger partial charge in [-0.1, -0.05) is 0 Å². The summed E-state index contributed by atoms with van der Waals surface area (Å²) in [4.78, 5) is 29.6. The lowest BCUT2D eigenvalue weighted by Gasteiger charge is -2.33. The maximum Gasteiger partial charge on any atom is 0.308 e. The van der Waals surface area contributed by atoms with Crippen LogP contribution in [0.25, 0.3) is 0 Å². The number of guanidine groups is 1. The van der Waals surface area contributed by atoms with E-state index in [9.17, 15) is 9.59 Å². The van der Waals surface area contributed by atoms with E-state index in [4.69, 9.17) is 9.15 Å². The zero-order valence-electron chi connectivity index (χ0n) is 14.5. The molecular formula is C16H25IN4O4. The van der Waals surface area contributed by atoms with Crippen molar-refractivity contribution in [3.8, 4) is 0 Å². The highest BCUT2D eigenvalue weighted by Crippen LogP contribution is 2.18. The number of esters is 1. The van der Waals surface area contributed by atoms with Crippen LogP contribution in [0.4, 0.5) is 0 Å². The topological polar surface area (TPSA) is 96.2 Å². The van der Waals surface area contributed by atoms with Crippen LogP contribution in [0.5, 0.6) is 0 Å². The van der Waals surface area contributed by atoms with E-state index >= 15 is 0 Å². The van der Waals surface area contributed by atoms with Gasteiger partial charge in [0.05, 0.1) is 19.3 Å². The van der Waals surface area contributed by atoms with Gasteiger partial charge in [-0.2, -0.15) is 0 Å². The van der Waals surface area contributed by atoms with Gasteiger partial charge in [-0.25, -0.2) is 0 Å². The van der Waals surface area contributed by atoms with Gasteiger partial charge >= 0.3 is 5.97 Å². The molecule has 8 nitrogen and oxygen atoms in total. The average Bonchev–Trinajstić information content (AvgIpc) is 3.16. The number of nitrogens with one attached hydrogen (secondary N) is 2. The molecule has 1 saturated heterocycles. The second kappa shape index (κ2) is 11.0. The van der Waals surface area contributed by atoms with Crippen LogP contribution in [0.2, 0.25) is 0 Å². The van der Waals surface area contributed by atoms with E-state index in [1.165, 1.54) is 13.4 Å². The van der Waals surface area contributed by atoms with Crippen LogP contribution in [0.3, 0.4) is 0 Å². The first-order valence-corrected chi connectivity index (χ1v) is 8.00. The summed E-state index contributed by atoms with van der Waals surface area (Å²) >= 11 is 0. The van der Waals surface area contributed by atoms with Gasteiger partial charge in [-0.15, -0.1) is 24.0 Å². The Hall–Kier alpha value is -1.78. The van der Waals surface area contributed by atoms with E-state index in [0.717, 1.165) is 31.9 Å². The second-order valence-corrected chi connectivity index (χ2v) is 5.49. The number of carbonyl (C=O) groups excluding carboxylic acids is 2. The number of ether oxygens (including phenoxy) is 1. The fourth-order valence-electron chi connectivity index (χ4n) is 2.67. The van der Waals surface area contributed by atoms with E-state index in [1.807, 2.05) is 0 Å². The van der Waals surface area contributed by atoms with Crippen LogP contribution in [0.1, 0.15) is 23.4 Å². The second-order valence-electron chi connectivity index (χ2n) is 5.49. The number of amides is 1. The number of methoxy groups -OCH3 is 1.